The van der Waals surface area contributed by atoms with Crippen LogP contribution in [-0.4, -0.2) is 45.3 Å². The van der Waals surface area contributed by atoms with Crippen LogP contribution in [0.4, 0.5) is 10.1 Å². The number of rotatable bonds is 5. The van der Waals surface area contributed by atoms with Crippen molar-refractivity contribution in [3.05, 3.63) is 53.8 Å². The monoisotopic (exact) mass is 330 g/mol. The van der Waals surface area contributed by atoms with Crippen LogP contribution in [0.2, 0.25) is 0 Å². The Morgan fingerprint density at radius 1 is 0.917 bits per heavy atom. The number of halogens is 1. The van der Waals surface area contributed by atoms with Crippen LogP contribution in [0, 0.1) is 5.82 Å². The first-order valence-corrected chi connectivity index (χ1v) is 8.14. The number of hydrogen-bond acceptors (Lipinski definition) is 4. The molecular weight excluding hydrogens is 307 g/mol. The molecule has 0 radical (unpaired) electrons. The van der Waals surface area contributed by atoms with Gasteiger partial charge >= 0.3 is 0 Å². The number of piperazine rings is 1. The van der Waals surface area contributed by atoms with Gasteiger partial charge in [-0.1, -0.05) is 24.3 Å². The highest BCUT2D eigenvalue weighted by Crippen LogP contribution is 2.31. The highest BCUT2D eigenvalue weighted by molar-refractivity contribution is 5.48. The van der Waals surface area contributed by atoms with Gasteiger partial charge in [0.25, 0.3) is 0 Å². The molecule has 0 spiro atoms. The van der Waals surface area contributed by atoms with Crippen molar-refractivity contribution in [2.75, 3.05) is 45.3 Å². The second kappa shape index (κ2) is 7.53. The molecule has 0 saturated carbocycles. The van der Waals surface area contributed by atoms with E-state index in [0.717, 1.165) is 49.8 Å². The SMILES string of the molecule is COc1cccc(CN2CCN(c3ccccc3F)CC2)c1OC. The second-order valence-corrected chi connectivity index (χ2v) is 5.87. The summed E-state index contributed by atoms with van der Waals surface area (Å²) >= 11 is 0. The first kappa shape index (κ1) is 16.6. The quantitative estimate of drug-likeness (QED) is 0.841. The van der Waals surface area contributed by atoms with Gasteiger partial charge in [0.05, 0.1) is 19.9 Å². The Morgan fingerprint density at radius 2 is 1.67 bits per heavy atom. The first-order chi connectivity index (χ1) is 11.7. The molecule has 3 rings (SSSR count). The maximum Gasteiger partial charge on any atom is 0.165 e. The lowest BCUT2D eigenvalue weighted by atomic mass is 10.1. The molecule has 0 amide bonds. The van der Waals surface area contributed by atoms with Gasteiger partial charge in [-0.2, -0.15) is 0 Å². The molecule has 1 aliphatic heterocycles. The van der Waals surface area contributed by atoms with E-state index in [2.05, 4.69) is 15.9 Å². The molecule has 0 atom stereocenters. The third-order valence-corrected chi connectivity index (χ3v) is 4.44. The van der Waals surface area contributed by atoms with Gasteiger partial charge in [-0.05, 0) is 18.2 Å². The third kappa shape index (κ3) is 3.46. The Kier molecular flexibility index (Phi) is 5.20. The van der Waals surface area contributed by atoms with E-state index in [0.29, 0.717) is 5.69 Å². The summed E-state index contributed by atoms with van der Waals surface area (Å²) in [6.07, 6.45) is 0. The Morgan fingerprint density at radius 3 is 2.33 bits per heavy atom. The topological polar surface area (TPSA) is 24.9 Å². The number of para-hydroxylation sites is 2. The molecule has 1 heterocycles. The predicted molar refractivity (Wildman–Crippen MR) is 93.4 cm³/mol. The number of hydrogen-bond donors (Lipinski definition) is 0. The summed E-state index contributed by atoms with van der Waals surface area (Å²) in [7, 11) is 3.31. The van der Waals surface area contributed by atoms with E-state index in [-0.39, 0.29) is 5.82 Å². The Balaban J connectivity index is 1.65. The maximum absolute atomic E-state index is 13.9. The van der Waals surface area contributed by atoms with Crippen LogP contribution >= 0.6 is 0 Å². The van der Waals surface area contributed by atoms with Crippen molar-refractivity contribution in [1.82, 2.24) is 4.90 Å². The van der Waals surface area contributed by atoms with Crippen molar-refractivity contribution in [2.24, 2.45) is 0 Å². The molecule has 1 fully saturated rings. The van der Waals surface area contributed by atoms with Crippen LogP contribution in [-0.2, 0) is 6.54 Å². The average molecular weight is 330 g/mol. The van der Waals surface area contributed by atoms with E-state index >= 15 is 0 Å². The zero-order chi connectivity index (χ0) is 16.9. The molecule has 0 N–H and O–H groups in total. The van der Waals surface area contributed by atoms with Crippen LogP contribution in [0.3, 0.4) is 0 Å². The minimum absolute atomic E-state index is 0.152. The van der Waals surface area contributed by atoms with E-state index in [1.165, 1.54) is 6.07 Å². The van der Waals surface area contributed by atoms with E-state index in [9.17, 15) is 4.39 Å². The Hall–Kier alpha value is -2.27. The van der Waals surface area contributed by atoms with Crippen molar-refractivity contribution >= 4 is 5.69 Å². The molecule has 4 nitrogen and oxygen atoms in total. The summed E-state index contributed by atoms with van der Waals surface area (Å²) in [4.78, 5) is 4.46. The normalized spacial score (nSPS) is 15.4. The van der Waals surface area contributed by atoms with Gasteiger partial charge < -0.3 is 14.4 Å². The number of ether oxygens (including phenoxy) is 2. The molecule has 128 valence electrons. The third-order valence-electron chi connectivity index (χ3n) is 4.44. The van der Waals surface area contributed by atoms with Crippen molar-refractivity contribution in [3.8, 4) is 11.5 Å². The number of benzene rings is 2. The zero-order valence-electron chi connectivity index (χ0n) is 14.2. The minimum atomic E-state index is -0.152. The number of methoxy groups -OCH3 is 2. The molecule has 1 saturated heterocycles. The molecule has 5 heteroatoms. The van der Waals surface area contributed by atoms with Gasteiger partial charge in [-0.15, -0.1) is 0 Å². The predicted octanol–water partition coefficient (Wildman–Crippen LogP) is 3.17. The summed E-state index contributed by atoms with van der Waals surface area (Å²) in [6, 6.07) is 12.9. The van der Waals surface area contributed by atoms with Crippen LogP contribution in [0.5, 0.6) is 11.5 Å². The molecule has 0 bridgehead atoms. The van der Waals surface area contributed by atoms with Crippen LogP contribution < -0.4 is 14.4 Å². The highest BCUT2D eigenvalue weighted by Gasteiger charge is 2.21. The minimum Gasteiger partial charge on any atom is -0.493 e. The molecule has 2 aromatic carbocycles. The molecule has 2 aromatic rings. The van der Waals surface area contributed by atoms with Crippen molar-refractivity contribution in [3.63, 3.8) is 0 Å². The Labute approximate surface area is 142 Å². The molecule has 1 aliphatic rings. The fourth-order valence-electron chi connectivity index (χ4n) is 3.17. The molecule has 24 heavy (non-hydrogen) atoms. The van der Waals surface area contributed by atoms with Crippen molar-refractivity contribution in [1.29, 1.82) is 0 Å². The first-order valence-electron chi connectivity index (χ1n) is 8.14. The van der Waals surface area contributed by atoms with Crippen LogP contribution in [0.25, 0.3) is 0 Å². The zero-order valence-corrected chi connectivity index (χ0v) is 14.2. The van der Waals surface area contributed by atoms with Gasteiger partial charge in [0.15, 0.2) is 11.5 Å². The smallest absolute Gasteiger partial charge is 0.165 e. The molecule has 0 aliphatic carbocycles. The fourth-order valence-corrected chi connectivity index (χ4v) is 3.17. The van der Waals surface area contributed by atoms with Crippen LogP contribution in [0.15, 0.2) is 42.5 Å². The number of nitrogens with zero attached hydrogens (tertiary/aromatic N) is 2. The van der Waals surface area contributed by atoms with Gasteiger partial charge in [0.1, 0.15) is 5.82 Å². The summed E-state index contributed by atoms with van der Waals surface area (Å²) < 4.78 is 24.8. The van der Waals surface area contributed by atoms with Crippen molar-refractivity contribution < 1.29 is 13.9 Å². The van der Waals surface area contributed by atoms with E-state index in [1.807, 2.05) is 24.3 Å². The summed E-state index contributed by atoms with van der Waals surface area (Å²) in [5, 5.41) is 0. The second-order valence-electron chi connectivity index (χ2n) is 5.87. The van der Waals surface area contributed by atoms with Crippen LogP contribution in [0.1, 0.15) is 5.56 Å². The van der Waals surface area contributed by atoms with Gasteiger partial charge in [0.2, 0.25) is 0 Å². The lowest BCUT2D eigenvalue weighted by Crippen LogP contribution is -2.46. The fraction of sp³-hybridized carbons (Fsp3) is 0.368. The molecule has 0 unspecified atom stereocenters. The maximum atomic E-state index is 13.9. The van der Waals surface area contributed by atoms with Gasteiger partial charge in [-0.3, -0.25) is 4.90 Å². The number of anilines is 1. The summed E-state index contributed by atoms with van der Waals surface area (Å²) in [6.45, 7) is 4.19. The highest BCUT2D eigenvalue weighted by atomic mass is 19.1. The standard InChI is InChI=1S/C19H23FN2O2/c1-23-18-9-5-6-15(19(18)24-2)14-21-10-12-22(13-11-21)17-8-4-3-7-16(17)20/h3-9H,10-14H2,1-2H3. The Bertz CT molecular complexity index is 685. The van der Waals surface area contributed by atoms with E-state index < -0.39 is 0 Å². The average Bonchev–Trinajstić information content (AvgIpc) is 2.62. The largest absolute Gasteiger partial charge is 0.493 e. The van der Waals surface area contributed by atoms with Gasteiger partial charge in [0, 0.05) is 38.3 Å². The molecule has 0 aromatic heterocycles. The van der Waals surface area contributed by atoms with Gasteiger partial charge in [-0.25, -0.2) is 4.39 Å². The molecular formula is C19H23FN2O2. The van der Waals surface area contributed by atoms with E-state index in [4.69, 9.17) is 9.47 Å². The van der Waals surface area contributed by atoms with E-state index in [1.54, 1.807) is 20.3 Å². The summed E-state index contributed by atoms with van der Waals surface area (Å²) in [5.41, 5.74) is 1.80. The lowest BCUT2D eigenvalue weighted by molar-refractivity contribution is 0.244. The summed E-state index contributed by atoms with van der Waals surface area (Å²) in [5.74, 6) is 1.39. The lowest BCUT2D eigenvalue weighted by Gasteiger charge is -2.36. The van der Waals surface area contributed by atoms with Crippen molar-refractivity contribution in [2.45, 2.75) is 6.54 Å².